The van der Waals surface area contributed by atoms with Crippen molar-refractivity contribution in [2.45, 2.75) is 64.4 Å². The fraction of sp³-hybridized carbons (Fsp3) is 0.682. The molecule has 0 aromatic heterocycles. The standard InChI is InChI=1S/C22H33F2N3O3.HI/c1-2-25-22(26-15-17-6-5-8-19(14-17)30-21(23)24)27-11-9-18(10-12-27)29-16-20-7-3-4-13-28-20;/h5-6,8,14,18,20-21H,2-4,7,9-13,15-16H2,1H3,(H,25,26);1H. The van der Waals surface area contributed by atoms with Crippen LogP contribution in [0.3, 0.4) is 0 Å². The summed E-state index contributed by atoms with van der Waals surface area (Å²) >= 11 is 0. The molecule has 0 radical (unpaired) electrons. The van der Waals surface area contributed by atoms with E-state index in [9.17, 15) is 8.78 Å². The highest BCUT2D eigenvalue weighted by Crippen LogP contribution is 2.19. The second-order valence-corrected chi connectivity index (χ2v) is 7.70. The second kappa shape index (κ2) is 14.1. The van der Waals surface area contributed by atoms with E-state index in [0.717, 1.165) is 63.4 Å². The molecular formula is C22H34F2IN3O3. The number of rotatable bonds is 8. The van der Waals surface area contributed by atoms with Crippen LogP contribution < -0.4 is 10.1 Å². The van der Waals surface area contributed by atoms with Crippen LogP contribution in [0, 0.1) is 0 Å². The molecule has 0 saturated carbocycles. The van der Waals surface area contributed by atoms with Gasteiger partial charge in [0.2, 0.25) is 0 Å². The molecule has 2 fully saturated rings. The van der Waals surface area contributed by atoms with Crippen LogP contribution in [0.4, 0.5) is 8.78 Å². The Kier molecular flexibility index (Phi) is 11.8. The predicted molar refractivity (Wildman–Crippen MR) is 127 cm³/mol. The van der Waals surface area contributed by atoms with E-state index in [1.807, 2.05) is 13.0 Å². The molecule has 0 bridgehead atoms. The summed E-state index contributed by atoms with van der Waals surface area (Å²) in [6, 6.07) is 6.69. The van der Waals surface area contributed by atoms with Crippen molar-refractivity contribution in [2.24, 2.45) is 4.99 Å². The third kappa shape index (κ3) is 9.05. The van der Waals surface area contributed by atoms with Crippen LogP contribution in [0.5, 0.6) is 5.75 Å². The molecule has 0 aliphatic carbocycles. The van der Waals surface area contributed by atoms with E-state index in [1.54, 1.807) is 12.1 Å². The summed E-state index contributed by atoms with van der Waals surface area (Å²) in [6.07, 6.45) is 5.90. The Balaban J connectivity index is 0.00000341. The van der Waals surface area contributed by atoms with E-state index in [4.69, 9.17) is 14.5 Å². The Labute approximate surface area is 200 Å². The molecule has 1 atom stereocenters. The molecule has 1 aromatic rings. The molecule has 176 valence electrons. The van der Waals surface area contributed by atoms with Gasteiger partial charge in [-0.2, -0.15) is 8.78 Å². The molecule has 9 heteroatoms. The van der Waals surface area contributed by atoms with Gasteiger partial charge in [-0.1, -0.05) is 12.1 Å². The number of hydrogen-bond acceptors (Lipinski definition) is 4. The molecule has 1 N–H and O–H groups in total. The van der Waals surface area contributed by atoms with Gasteiger partial charge in [0.05, 0.1) is 25.4 Å². The monoisotopic (exact) mass is 553 g/mol. The Bertz CT molecular complexity index is 667. The molecule has 0 spiro atoms. The highest BCUT2D eigenvalue weighted by Gasteiger charge is 2.23. The number of nitrogens with one attached hydrogen (secondary N) is 1. The van der Waals surface area contributed by atoms with E-state index >= 15 is 0 Å². The number of hydrogen-bond donors (Lipinski definition) is 1. The van der Waals surface area contributed by atoms with E-state index < -0.39 is 6.61 Å². The van der Waals surface area contributed by atoms with Crippen molar-refractivity contribution in [3.8, 4) is 5.75 Å². The van der Waals surface area contributed by atoms with Crippen LogP contribution in [0.25, 0.3) is 0 Å². The molecule has 31 heavy (non-hydrogen) atoms. The molecule has 2 heterocycles. The normalized spacial score (nSPS) is 20.5. The summed E-state index contributed by atoms with van der Waals surface area (Å²) in [7, 11) is 0. The maximum atomic E-state index is 12.4. The summed E-state index contributed by atoms with van der Waals surface area (Å²) in [5.41, 5.74) is 0.828. The fourth-order valence-electron chi connectivity index (χ4n) is 3.83. The zero-order valence-electron chi connectivity index (χ0n) is 18.1. The Morgan fingerprint density at radius 3 is 2.74 bits per heavy atom. The minimum atomic E-state index is -2.82. The van der Waals surface area contributed by atoms with Crippen molar-refractivity contribution in [3.63, 3.8) is 0 Å². The molecule has 1 aromatic carbocycles. The lowest BCUT2D eigenvalue weighted by atomic mass is 10.1. The van der Waals surface area contributed by atoms with E-state index in [-0.39, 0.29) is 41.9 Å². The van der Waals surface area contributed by atoms with Gasteiger partial charge in [-0.25, -0.2) is 4.99 Å². The van der Waals surface area contributed by atoms with Gasteiger partial charge in [0, 0.05) is 26.2 Å². The van der Waals surface area contributed by atoms with Gasteiger partial charge in [-0.15, -0.1) is 24.0 Å². The Morgan fingerprint density at radius 1 is 1.26 bits per heavy atom. The van der Waals surface area contributed by atoms with Crippen LogP contribution in [0.1, 0.15) is 44.6 Å². The summed E-state index contributed by atoms with van der Waals surface area (Å²) in [4.78, 5) is 6.94. The zero-order valence-corrected chi connectivity index (χ0v) is 20.4. The van der Waals surface area contributed by atoms with Crippen LogP contribution in [0.15, 0.2) is 29.3 Å². The molecule has 3 rings (SSSR count). The average molecular weight is 553 g/mol. The number of piperidine rings is 1. The Hall–Kier alpha value is -1.20. The molecule has 2 aliphatic rings. The van der Waals surface area contributed by atoms with Crippen molar-refractivity contribution >= 4 is 29.9 Å². The zero-order chi connectivity index (χ0) is 21.2. The highest BCUT2D eigenvalue weighted by atomic mass is 127. The van der Waals surface area contributed by atoms with Crippen LogP contribution in [-0.2, 0) is 16.0 Å². The van der Waals surface area contributed by atoms with Gasteiger partial charge in [0.1, 0.15) is 5.75 Å². The quantitative estimate of drug-likeness (QED) is 0.294. The van der Waals surface area contributed by atoms with E-state index in [1.165, 1.54) is 12.5 Å². The fourth-order valence-corrected chi connectivity index (χ4v) is 3.83. The number of ether oxygens (including phenoxy) is 3. The number of likely N-dealkylation sites (tertiary alicyclic amines) is 1. The highest BCUT2D eigenvalue weighted by molar-refractivity contribution is 14.0. The average Bonchev–Trinajstić information content (AvgIpc) is 2.76. The third-order valence-corrected chi connectivity index (χ3v) is 5.40. The smallest absolute Gasteiger partial charge is 0.387 e. The molecular weight excluding hydrogens is 519 g/mol. The minimum Gasteiger partial charge on any atom is -0.435 e. The van der Waals surface area contributed by atoms with Gasteiger partial charge >= 0.3 is 6.61 Å². The van der Waals surface area contributed by atoms with Crippen molar-refractivity contribution in [1.82, 2.24) is 10.2 Å². The first-order chi connectivity index (χ1) is 14.6. The first-order valence-corrected chi connectivity index (χ1v) is 10.9. The number of halogens is 3. The summed E-state index contributed by atoms with van der Waals surface area (Å²) < 4.78 is 41.2. The lowest BCUT2D eigenvalue weighted by Gasteiger charge is -2.35. The number of aliphatic imine (C=N–C) groups is 1. The first-order valence-electron chi connectivity index (χ1n) is 10.9. The third-order valence-electron chi connectivity index (χ3n) is 5.40. The van der Waals surface area contributed by atoms with Gasteiger partial charge in [0.15, 0.2) is 5.96 Å². The van der Waals surface area contributed by atoms with Crippen molar-refractivity contribution < 1.29 is 23.0 Å². The van der Waals surface area contributed by atoms with Gasteiger partial charge < -0.3 is 24.4 Å². The van der Waals surface area contributed by atoms with Crippen LogP contribution in [-0.4, -0.2) is 62.5 Å². The molecule has 6 nitrogen and oxygen atoms in total. The van der Waals surface area contributed by atoms with Crippen molar-refractivity contribution in [2.75, 3.05) is 32.8 Å². The minimum absolute atomic E-state index is 0. The maximum Gasteiger partial charge on any atom is 0.387 e. The first kappa shape index (κ1) is 26.1. The second-order valence-electron chi connectivity index (χ2n) is 7.70. The van der Waals surface area contributed by atoms with Gasteiger partial charge in [-0.3, -0.25) is 0 Å². The largest absolute Gasteiger partial charge is 0.435 e. The molecule has 0 amide bonds. The van der Waals surface area contributed by atoms with E-state index in [2.05, 4.69) is 15.0 Å². The van der Waals surface area contributed by atoms with Gasteiger partial charge in [-0.05, 0) is 56.7 Å². The molecule has 1 unspecified atom stereocenters. The van der Waals surface area contributed by atoms with Crippen LogP contribution >= 0.6 is 24.0 Å². The topological polar surface area (TPSA) is 55.3 Å². The van der Waals surface area contributed by atoms with E-state index in [0.29, 0.717) is 13.2 Å². The summed E-state index contributed by atoms with van der Waals surface area (Å²) in [5.74, 6) is 0.995. The summed E-state index contributed by atoms with van der Waals surface area (Å²) in [5, 5.41) is 3.33. The van der Waals surface area contributed by atoms with Crippen molar-refractivity contribution in [1.29, 1.82) is 0 Å². The Morgan fingerprint density at radius 2 is 2.06 bits per heavy atom. The number of alkyl halides is 2. The van der Waals surface area contributed by atoms with Gasteiger partial charge in [0.25, 0.3) is 0 Å². The lowest BCUT2D eigenvalue weighted by Crippen LogP contribution is -2.47. The molecule has 2 aliphatic heterocycles. The van der Waals surface area contributed by atoms with Crippen molar-refractivity contribution in [3.05, 3.63) is 29.8 Å². The maximum absolute atomic E-state index is 12.4. The SMILES string of the molecule is CCNC(=NCc1cccc(OC(F)F)c1)N1CCC(OCC2CCCCO2)CC1.I. The van der Waals surface area contributed by atoms with Crippen LogP contribution in [0.2, 0.25) is 0 Å². The molecule has 2 saturated heterocycles. The lowest BCUT2D eigenvalue weighted by molar-refractivity contribution is -0.0721. The number of benzene rings is 1. The summed E-state index contributed by atoms with van der Waals surface area (Å²) in [6.45, 7) is 3.66. The number of guanidine groups is 1. The number of nitrogens with zero attached hydrogens (tertiary/aromatic N) is 2. The predicted octanol–water partition coefficient (Wildman–Crippen LogP) is 4.42.